The Morgan fingerprint density at radius 2 is 1.46 bits per heavy atom. The number of methoxy groups -OCH3 is 2. The molecule has 0 radical (unpaired) electrons. The molecule has 0 aliphatic carbocycles. The topological polar surface area (TPSA) is 117 Å². The summed E-state index contributed by atoms with van der Waals surface area (Å²) in [6.07, 6.45) is 0.158. The van der Waals surface area contributed by atoms with Gasteiger partial charge in [-0.05, 0) is 53.1 Å². The second kappa shape index (κ2) is 14.1. The fourth-order valence-electron chi connectivity index (χ4n) is 6.44. The lowest BCUT2D eigenvalue weighted by molar-refractivity contribution is -0.0930. The number of ether oxygens (including phenoxy) is 4. The van der Waals surface area contributed by atoms with Crippen molar-refractivity contribution in [3.8, 4) is 11.5 Å². The largest absolute Gasteiger partial charge is 0.497 e. The molecule has 0 spiro atoms. The van der Waals surface area contributed by atoms with Crippen LogP contribution in [-0.2, 0) is 15.1 Å². The Morgan fingerprint density at radius 1 is 0.880 bits per heavy atom. The Labute approximate surface area is 288 Å². The first-order valence-electron chi connectivity index (χ1n) is 16.1. The number of amides is 1. The van der Waals surface area contributed by atoms with Crippen LogP contribution >= 0.6 is 0 Å². The van der Waals surface area contributed by atoms with Crippen LogP contribution in [0.25, 0.3) is 11.0 Å². The summed E-state index contributed by atoms with van der Waals surface area (Å²) in [5.74, 6) is 0.355. The molecule has 2 N–H and O–H groups in total. The van der Waals surface area contributed by atoms with Crippen molar-refractivity contribution >= 4 is 22.8 Å². The molecule has 1 aliphatic heterocycles. The van der Waals surface area contributed by atoms with E-state index in [4.69, 9.17) is 18.9 Å². The maximum atomic E-state index is 15.5. The third-order valence-corrected chi connectivity index (χ3v) is 8.98. The number of carbonyl (C=O) groups excluding carboxylic acids is 1. The predicted molar refractivity (Wildman–Crippen MR) is 185 cm³/mol. The van der Waals surface area contributed by atoms with Crippen molar-refractivity contribution in [2.24, 2.45) is 0 Å². The third-order valence-electron chi connectivity index (χ3n) is 8.98. The Bertz CT molecular complexity index is 2030. The number of rotatable bonds is 11. The molecule has 254 valence electrons. The van der Waals surface area contributed by atoms with Gasteiger partial charge in [0.2, 0.25) is 0 Å². The second-order valence-corrected chi connectivity index (χ2v) is 11.9. The fraction of sp³-hybridized carbons (Fsp3) is 0.205. The summed E-state index contributed by atoms with van der Waals surface area (Å²) in [5, 5.41) is 14.0. The molecule has 7 rings (SSSR count). The summed E-state index contributed by atoms with van der Waals surface area (Å²) >= 11 is 0. The van der Waals surface area contributed by atoms with E-state index < -0.39 is 35.8 Å². The normalized spacial score (nSPS) is 17.5. The molecule has 10 nitrogen and oxygen atoms in total. The zero-order chi connectivity index (χ0) is 34.7. The van der Waals surface area contributed by atoms with Crippen molar-refractivity contribution in [1.29, 1.82) is 0 Å². The Kier molecular flexibility index (Phi) is 9.27. The maximum Gasteiger partial charge on any atom is 0.256 e. The number of aliphatic hydroxyl groups excluding tert-OH is 1. The Morgan fingerprint density at radius 3 is 2.06 bits per heavy atom. The van der Waals surface area contributed by atoms with Gasteiger partial charge in [-0.3, -0.25) is 4.79 Å². The van der Waals surface area contributed by atoms with E-state index in [2.05, 4.69) is 15.3 Å². The van der Waals surface area contributed by atoms with Crippen LogP contribution in [-0.4, -0.2) is 58.6 Å². The number of nitrogens with one attached hydrogen (secondary N) is 1. The maximum absolute atomic E-state index is 15.5. The van der Waals surface area contributed by atoms with Crippen molar-refractivity contribution < 1.29 is 33.2 Å². The van der Waals surface area contributed by atoms with Gasteiger partial charge in [-0.25, -0.2) is 14.4 Å². The van der Waals surface area contributed by atoms with Crippen LogP contribution < -0.4 is 14.8 Å². The molecule has 0 saturated carbocycles. The highest BCUT2D eigenvalue weighted by Crippen LogP contribution is 2.43. The van der Waals surface area contributed by atoms with Gasteiger partial charge in [0.25, 0.3) is 5.91 Å². The lowest BCUT2D eigenvalue weighted by atomic mass is 9.80. The molecule has 3 heterocycles. The van der Waals surface area contributed by atoms with Gasteiger partial charge in [-0.2, -0.15) is 0 Å². The first-order chi connectivity index (χ1) is 24.4. The molecule has 0 bridgehead atoms. The van der Waals surface area contributed by atoms with Crippen molar-refractivity contribution in [2.45, 2.75) is 30.5 Å². The molecule has 3 atom stereocenters. The van der Waals surface area contributed by atoms with Gasteiger partial charge in [-0.1, -0.05) is 72.8 Å². The number of benzene rings is 4. The molecule has 2 aromatic heterocycles. The van der Waals surface area contributed by atoms with Crippen LogP contribution in [0.3, 0.4) is 0 Å². The van der Waals surface area contributed by atoms with Crippen LogP contribution in [0.5, 0.6) is 11.5 Å². The summed E-state index contributed by atoms with van der Waals surface area (Å²) in [7, 11) is 3.23. The molecule has 6 aromatic rings. The van der Waals surface area contributed by atoms with E-state index in [-0.39, 0.29) is 29.9 Å². The second-order valence-electron chi connectivity index (χ2n) is 11.9. The van der Waals surface area contributed by atoms with Crippen LogP contribution in [0.15, 0.2) is 122 Å². The van der Waals surface area contributed by atoms with Crippen LogP contribution in [0, 0.1) is 5.82 Å². The van der Waals surface area contributed by atoms with Crippen molar-refractivity contribution in [2.75, 3.05) is 26.1 Å². The number of aromatic nitrogens is 3. The number of hydrogen-bond donors (Lipinski definition) is 2. The molecule has 11 heteroatoms. The van der Waals surface area contributed by atoms with E-state index in [1.54, 1.807) is 44.6 Å². The number of fused-ring (bicyclic) bond motifs is 1. The van der Waals surface area contributed by atoms with Crippen molar-refractivity contribution in [3.63, 3.8) is 0 Å². The van der Waals surface area contributed by atoms with Gasteiger partial charge in [0.1, 0.15) is 41.6 Å². The first kappa shape index (κ1) is 32.9. The Hall–Kier alpha value is -5.62. The summed E-state index contributed by atoms with van der Waals surface area (Å²) < 4.78 is 41.3. The number of anilines is 1. The highest BCUT2D eigenvalue weighted by Gasteiger charge is 2.42. The van der Waals surface area contributed by atoms with E-state index >= 15 is 4.39 Å². The monoisotopic (exact) mass is 674 g/mol. The van der Waals surface area contributed by atoms with E-state index in [1.165, 1.54) is 17.1 Å². The molecule has 50 heavy (non-hydrogen) atoms. The molecular weight excluding hydrogens is 639 g/mol. The Balaban J connectivity index is 1.19. The summed E-state index contributed by atoms with van der Waals surface area (Å²) in [6.45, 7) is -0.0142. The minimum absolute atomic E-state index is 0.0142. The summed E-state index contributed by atoms with van der Waals surface area (Å²) in [6, 6.07) is 33.7. The lowest BCUT2D eigenvalue weighted by Crippen LogP contribution is -2.38. The number of aliphatic hydroxyl groups is 1. The van der Waals surface area contributed by atoms with Crippen molar-refractivity contribution in [3.05, 3.63) is 150 Å². The molecule has 1 amide bonds. The quantitative estimate of drug-likeness (QED) is 0.150. The molecule has 1 fully saturated rings. The number of halogens is 1. The van der Waals surface area contributed by atoms with Crippen LogP contribution in [0.2, 0.25) is 0 Å². The summed E-state index contributed by atoms with van der Waals surface area (Å²) in [4.78, 5) is 21.3. The summed E-state index contributed by atoms with van der Waals surface area (Å²) in [5.41, 5.74) is 2.03. The van der Waals surface area contributed by atoms with Crippen LogP contribution in [0.1, 0.15) is 39.7 Å². The zero-order valence-electron chi connectivity index (χ0n) is 27.4. The SMILES string of the molecule is COc1ccc(C(OC[C@H]2O[C@@H](n3cc(F)c4c(NC(=O)c5ccccc5)ncnc43)C[C@@H]2O)(c2ccccc2)c2ccc(OC)cc2)cc1. The van der Waals surface area contributed by atoms with Gasteiger partial charge >= 0.3 is 0 Å². The van der Waals surface area contributed by atoms with E-state index in [1.807, 2.05) is 78.9 Å². The van der Waals surface area contributed by atoms with Crippen molar-refractivity contribution in [1.82, 2.24) is 14.5 Å². The number of nitrogens with zero attached hydrogens (tertiary/aromatic N) is 3. The van der Waals surface area contributed by atoms with E-state index in [9.17, 15) is 9.90 Å². The predicted octanol–water partition coefficient (Wildman–Crippen LogP) is 6.50. The third kappa shape index (κ3) is 6.18. The molecule has 1 aliphatic rings. The standard InChI is InChI=1S/C39H35FN4O6/c1-47-29-17-13-27(14-18-29)39(26-11-7-4-8-12-26,28-15-19-30(48-2)20-16-28)49-23-33-32(45)21-34(50-33)44-22-31(40)35-36(41-24-42-37(35)44)43-38(46)25-9-5-3-6-10-25/h3-20,22,24,32-34,45H,21,23H2,1-2H3,(H,41,42,43,46)/t32-,33+,34+/m0/s1. The smallest absolute Gasteiger partial charge is 0.256 e. The number of hydrogen-bond acceptors (Lipinski definition) is 8. The minimum atomic E-state index is -1.12. The highest BCUT2D eigenvalue weighted by atomic mass is 19.1. The van der Waals surface area contributed by atoms with Gasteiger partial charge in [-0.15, -0.1) is 0 Å². The van der Waals surface area contributed by atoms with Crippen LogP contribution in [0.4, 0.5) is 10.2 Å². The average molecular weight is 675 g/mol. The van der Waals surface area contributed by atoms with E-state index in [0.29, 0.717) is 17.1 Å². The van der Waals surface area contributed by atoms with Gasteiger partial charge in [0, 0.05) is 18.2 Å². The minimum Gasteiger partial charge on any atom is -0.497 e. The molecular formula is C39H35FN4O6. The lowest BCUT2D eigenvalue weighted by Gasteiger charge is -2.37. The average Bonchev–Trinajstić information content (AvgIpc) is 3.72. The van der Waals surface area contributed by atoms with Gasteiger partial charge < -0.3 is 33.9 Å². The van der Waals surface area contributed by atoms with E-state index in [0.717, 1.165) is 16.7 Å². The molecule has 4 aromatic carbocycles. The van der Waals surface area contributed by atoms with Gasteiger partial charge in [0.05, 0.1) is 32.3 Å². The molecule has 1 saturated heterocycles. The molecule has 0 unspecified atom stereocenters. The fourth-order valence-corrected chi connectivity index (χ4v) is 6.44. The van der Waals surface area contributed by atoms with Gasteiger partial charge in [0.15, 0.2) is 11.5 Å². The first-order valence-corrected chi connectivity index (χ1v) is 16.1. The number of carbonyl (C=O) groups is 1. The highest BCUT2D eigenvalue weighted by molar-refractivity contribution is 6.07. The zero-order valence-corrected chi connectivity index (χ0v) is 27.4.